The highest BCUT2D eigenvalue weighted by molar-refractivity contribution is 5.87. The number of rotatable bonds is 13. The Kier molecular flexibility index (Phi) is 10.7. The number of aryl methyl sites for hydroxylation is 1. The van der Waals surface area contributed by atoms with Gasteiger partial charge >= 0.3 is 0 Å². The van der Waals surface area contributed by atoms with Crippen LogP contribution in [0.4, 0.5) is 0 Å². The van der Waals surface area contributed by atoms with Crippen molar-refractivity contribution in [1.29, 1.82) is 0 Å². The van der Waals surface area contributed by atoms with E-state index >= 15 is 0 Å². The van der Waals surface area contributed by atoms with E-state index in [0.29, 0.717) is 56.2 Å². The number of carbonyl (C=O) groups is 2. The first-order valence-corrected chi connectivity index (χ1v) is 11.7. The van der Waals surface area contributed by atoms with E-state index < -0.39 is 6.04 Å². The maximum absolute atomic E-state index is 13.3. The van der Waals surface area contributed by atoms with Gasteiger partial charge in [-0.15, -0.1) is 0 Å². The molecule has 6 heteroatoms. The van der Waals surface area contributed by atoms with Crippen molar-refractivity contribution in [1.82, 2.24) is 10.2 Å². The molecule has 0 fully saturated rings. The molecule has 0 unspecified atom stereocenters. The summed E-state index contributed by atoms with van der Waals surface area (Å²) in [4.78, 5) is 28.0. The topological polar surface area (TPSA) is 67.9 Å². The van der Waals surface area contributed by atoms with Crippen molar-refractivity contribution in [2.75, 3.05) is 27.3 Å². The average Bonchev–Trinajstić information content (AvgIpc) is 2.83. The van der Waals surface area contributed by atoms with Crippen LogP contribution in [0.1, 0.15) is 44.7 Å². The molecule has 0 radical (unpaired) electrons. The van der Waals surface area contributed by atoms with Gasteiger partial charge in [0.05, 0.1) is 14.2 Å². The van der Waals surface area contributed by atoms with Crippen LogP contribution in [0.2, 0.25) is 0 Å². The minimum atomic E-state index is -0.481. The van der Waals surface area contributed by atoms with E-state index in [2.05, 4.69) is 19.2 Å². The summed E-state index contributed by atoms with van der Waals surface area (Å²) < 4.78 is 10.7. The van der Waals surface area contributed by atoms with E-state index in [1.807, 2.05) is 55.5 Å². The number of carbonyl (C=O) groups excluding carboxylic acids is 2. The first-order chi connectivity index (χ1) is 15.9. The number of ether oxygens (including phenoxy) is 2. The normalized spacial score (nSPS) is 11.7. The lowest BCUT2D eigenvalue weighted by Crippen LogP contribution is -2.50. The molecule has 1 N–H and O–H groups in total. The van der Waals surface area contributed by atoms with Crippen molar-refractivity contribution in [2.45, 2.75) is 52.5 Å². The summed E-state index contributed by atoms with van der Waals surface area (Å²) in [5.41, 5.74) is 2.13. The third-order valence-corrected chi connectivity index (χ3v) is 5.63. The number of nitrogens with zero attached hydrogens (tertiary/aromatic N) is 1. The van der Waals surface area contributed by atoms with Gasteiger partial charge < -0.3 is 19.7 Å². The molecule has 0 aromatic heterocycles. The van der Waals surface area contributed by atoms with E-state index in [9.17, 15) is 9.59 Å². The summed E-state index contributed by atoms with van der Waals surface area (Å²) in [6.07, 6.45) is 2.15. The number of nitrogens with one attached hydrogen (secondary N) is 1. The Labute approximate surface area is 198 Å². The van der Waals surface area contributed by atoms with Crippen molar-refractivity contribution in [3.8, 4) is 11.5 Å². The van der Waals surface area contributed by atoms with Crippen LogP contribution in [0.15, 0.2) is 48.5 Å². The number of amides is 2. The van der Waals surface area contributed by atoms with E-state index in [0.717, 1.165) is 11.1 Å². The Balaban J connectivity index is 2.14. The maximum Gasteiger partial charge on any atom is 0.242 e. The number of benzene rings is 2. The molecular weight excluding hydrogens is 416 g/mol. The minimum absolute atomic E-state index is 0.0211. The fraction of sp³-hybridized carbons (Fsp3) is 0.481. The summed E-state index contributed by atoms with van der Waals surface area (Å²) in [5, 5.41) is 3.00. The molecule has 0 aliphatic rings. The fourth-order valence-corrected chi connectivity index (χ4v) is 3.75. The smallest absolute Gasteiger partial charge is 0.242 e. The highest BCUT2D eigenvalue weighted by atomic mass is 16.5. The quantitative estimate of drug-likeness (QED) is 0.491. The first kappa shape index (κ1) is 26.2. The van der Waals surface area contributed by atoms with Gasteiger partial charge in [0.1, 0.15) is 6.04 Å². The van der Waals surface area contributed by atoms with Crippen LogP contribution < -0.4 is 14.8 Å². The van der Waals surface area contributed by atoms with E-state index in [1.165, 1.54) is 0 Å². The molecule has 2 amide bonds. The van der Waals surface area contributed by atoms with Gasteiger partial charge in [-0.05, 0) is 48.4 Å². The Morgan fingerprint density at radius 1 is 0.939 bits per heavy atom. The van der Waals surface area contributed by atoms with E-state index in [-0.39, 0.29) is 11.8 Å². The molecule has 2 rings (SSSR count). The second-order valence-electron chi connectivity index (χ2n) is 8.58. The number of methoxy groups -OCH3 is 2. The lowest BCUT2D eigenvalue weighted by atomic mass is 10.1. The van der Waals surface area contributed by atoms with Gasteiger partial charge in [0.15, 0.2) is 11.5 Å². The minimum Gasteiger partial charge on any atom is -0.493 e. The van der Waals surface area contributed by atoms with Crippen molar-refractivity contribution in [2.24, 2.45) is 5.92 Å². The second-order valence-corrected chi connectivity index (χ2v) is 8.58. The van der Waals surface area contributed by atoms with Gasteiger partial charge in [-0.25, -0.2) is 0 Å². The Morgan fingerprint density at radius 2 is 1.64 bits per heavy atom. The Morgan fingerprint density at radius 3 is 2.24 bits per heavy atom. The molecule has 0 aliphatic carbocycles. The van der Waals surface area contributed by atoms with Crippen molar-refractivity contribution in [3.05, 3.63) is 59.7 Å². The standard InChI is InChI=1S/C27H38N2O4/c1-6-23(27(31)28-19-20(2)3)29(17-16-21-10-8-7-9-11-21)26(30)15-13-22-12-14-24(32-4)25(18-22)33-5/h7-12,14,18,20,23H,6,13,15-17,19H2,1-5H3,(H,28,31)/t23-/m0/s1. The van der Waals surface area contributed by atoms with Gasteiger partial charge in [-0.2, -0.15) is 0 Å². The number of hydrogen-bond acceptors (Lipinski definition) is 4. The first-order valence-electron chi connectivity index (χ1n) is 11.7. The zero-order chi connectivity index (χ0) is 24.2. The summed E-state index contributed by atoms with van der Waals surface area (Å²) in [5.74, 6) is 1.55. The zero-order valence-corrected chi connectivity index (χ0v) is 20.6. The lowest BCUT2D eigenvalue weighted by molar-refractivity contribution is -0.140. The molecular formula is C27H38N2O4. The largest absolute Gasteiger partial charge is 0.493 e. The molecule has 2 aromatic carbocycles. The Bertz CT molecular complexity index is 883. The molecule has 0 saturated carbocycles. The molecule has 6 nitrogen and oxygen atoms in total. The SMILES string of the molecule is CC[C@@H](C(=O)NCC(C)C)N(CCc1ccccc1)C(=O)CCc1ccc(OC)c(OC)c1. The lowest BCUT2D eigenvalue weighted by Gasteiger charge is -2.31. The zero-order valence-electron chi connectivity index (χ0n) is 20.6. The van der Waals surface area contributed by atoms with Gasteiger partial charge in [0.2, 0.25) is 11.8 Å². The molecule has 0 bridgehead atoms. The molecule has 0 aliphatic heterocycles. The monoisotopic (exact) mass is 454 g/mol. The molecule has 0 heterocycles. The predicted molar refractivity (Wildman–Crippen MR) is 132 cm³/mol. The molecule has 0 saturated heterocycles. The van der Waals surface area contributed by atoms with E-state index in [4.69, 9.17) is 9.47 Å². The highest BCUT2D eigenvalue weighted by Crippen LogP contribution is 2.28. The third-order valence-electron chi connectivity index (χ3n) is 5.63. The average molecular weight is 455 g/mol. The molecule has 2 aromatic rings. The highest BCUT2D eigenvalue weighted by Gasteiger charge is 2.28. The van der Waals surface area contributed by atoms with E-state index in [1.54, 1.807) is 19.1 Å². The second kappa shape index (κ2) is 13.5. The van der Waals surface area contributed by atoms with Gasteiger partial charge in [-0.3, -0.25) is 9.59 Å². The summed E-state index contributed by atoms with van der Waals surface area (Å²) >= 11 is 0. The van der Waals surface area contributed by atoms with Crippen LogP contribution >= 0.6 is 0 Å². The predicted octanol–water partition coefficient (Wildman–Crippen LogP) is 4.26. The van der Waals surface area contributed by atoms with Crippen molar-refractivity contribution < 1.29 is 19.1 Å². The van der Waals surface area contributed by atoms with Crippen LogP contribution in [0.5, 0.6) is 11.5 Å². The third kappa shape index (κ3) is 8.12. The summed E-state index contributed by atoms with van der Waals surface area (Å²) in [7, 11) is 3.20. The van der Waals surface area contributed by atoms with Crippen LogP contribution in [0.3, 0.4) is 0 Å². The maximum atomic E-state index is 13.3. The van der Waals surface area contributed by atoms with Gasteiger partial charge in [-0.1, -0.05) is 57.2 Å². The summed E-state index contributed by atoms with van der Waals surface area (Å²) in [6.45, 7) is 7.17. The van der Waals surface area contributed by atoms with Crippen LogP contribution in [-0.4, -0.2) is 50.1 Å². The summed E-state index contributed by atoms with van der Waals surface area (Å²) in [6, 6.07) is 15.3. The molecule has 0 spiro atoms. The van der Waals surface area contributed by atoms with Gasteiger partial charge in [0, 0.05) is 19.5 Å². The van der Waals surface area contributed by atoms with Gasteiger partial charge in [0.25, 0.3) is 0 Å². The molecule has 33 heavy (non-hydrogen) atoms. The van der Waals surface area contributed by atoms with Crippen molar-refractivity contribution >= 4 is 11.8 Å². The Hall–Kier alpha value is -3.02. The number of hydrogen-bond donors (Lipinski definition) is 1. The fourth-order valence-electron chi connectivity index (χ4n) is 3.75. The molecule has 1 atom stereocenters. The van der Waals surface area contributed by atoms with Crippen molar-refractivity contribution in [3.63, 3.8) is 0 Å². The van der Waals surface area contributed by atoms with Crippen LogP contribution in [0.25, 0.3) is 0 Å². The van der Waals surface area contributed by atoms with Crippen LogP contribution in [-0.2, 0) is 22.4 Å². The molecule has 180 valence electrons. The van der Waals surface area contributed by atoms with Crippen LogP contribution in [0, 0.1) is 5.92 Å².